The number of ether oxygens (including phenoxy) is 2. The summed E-state index contributed by atoms with van der Waals surface area (Å²) in [4.78, 5) is 29.4. The van der Waals surface area contributed by atoms with E-state index in [9.17, 15) is 9.59 Å². The highest BCUT2D eigenvalue weighted by molar-refractivity contribution is 6.07. The Kier molecular flexibility index (Phi) is 4.30. The molecular formula is C22H23N3O4. The first-order valence-electron chi connectivity index (χ1n) is 9.97. The molecule has 7 nitrogen and oxygen atoms in total. The van der Waals surface area contributed by atoms with E-state index in [1.807, 2.05) is 36.4 Å². The van der Waals surface area contributed by atoms with Gasteiger partial charge in [-0.25, -0.2) is 0 Å². The predicted molar refractivity (Wildman–Crippen MR) is 109 cm³/mol. The van der Waals surface area contributed by atoms with E-state index in [1.54, 1.807) is 11.9 Å². The molecule has 1 N–H and O–H groups in total. The molecule has 150 valence electrons. The van der Waals surface area contributed by atoms with Crippen LogP contribution in [0.2, 0.25) is 0 Å². The molecule has 1 unspecified atom stereocenters. The van der Waals surface area contributed by atoms with Crippen molar-refractivity contribution in [1.29, 1.82) is 0 Å². The summed E-state index contributed by atoms with van der Waals surface area (Å²) in [5.41, 5.74) is 3.30. The number of nitrogens with one attached hydrogen (secondary N) is 1. The highest BCUT2D eigenvalue weighted by Crippen LogP contribution is 2.39. The molecule has 0 aromatic heterocycles. The lowest BCUT2D eigenvalue weighted by Gasteiger charge is -2.44. The van der Waals surface area contributed by atoms with E-state index in [2.05, 4.69) is 10.2 Å². The lowest BCUT2D eigenvalue weighted by molar-refractivity contribution is -0.120. The molecule has 5 rings (SSSR count). The number of hydrogen-bond acceptors (Lipinski definition) is 5. The molecule has 29 heavy (non-hydrogen) atoms. The van der Waals surface area contributed by atoms with Crippen molar-refractivity contribution in [2.45, 2.75) is 31.8 Å². The van der Waals surface area contributed by atoms with Crippen molar-refractivity contribution in [2.75, 3.05) is 30.2 Å². The van der Waals surface area contributed by atoms with Crippen LogP contribution in [-0.4, -0.2) is 38.2 Å². The van der Waals surface area contributed by atoms with Gasteiger partial charge in [-0.05, 0) is 55.2 Å². The van der Waals surface area contributed by atoms with Gasteiger partial charge in [-0.1, -0.05) is 6.07 Å². The van der Waals surface area contributed by atoms with E-state index in [-0.39, 0.29) is 24.6 Å². The highest BCUT2D eigenvalue weighted by atomic mass is 16.7. The zero-order chi connectivity index (χ0) is 20.0. The highest BCUT2D eigenvalue weighted by Gasteiger charge is 2.38. The number of fused-ring (bicyclic) bond motifs is 4. The molecule has 0 saturated carbocycles. The van der Waals surface area contributed by atoms with Crippen LogP contribution in [0.1, 0.15) is 35.2 Å². The maximum Gasteiger partial charge on any atom is 0.251 e. The molecule has 1 fully saturated rings. The third kappa shape index (κ3) is 3.06. The summed E-state index contributed by atoms with van der Waals surface area (Å²) < 4.78 is 10.7. The number of anilines is 2. The largest absolute Gasteiger partial charge is 0.454 e. The average molecular weight is 393 g/mol. The quantitative estimate of drug-likeness (QED) is 0.868. The third-order valence-electron chi connectivity index (χ3n) is 5.92. The minimum atomic E-state index is -0.174. The van der Waals surface area contributed by atoms with Crippen molar-refractivity contribution in [3.05, 3.63) is 47.5 Å². The molecular weight excluding hydrogens is 370 g/mol. The zero-order valence-electron chi connectivity index (χ0n) is 16.3. The Morgan fingerprint density at radius 2 is 1.97 bits per heavy atom. The van der Waals surface area contributed by atoms with E-state index < -0.39 is 0 Å². The number of likely N-dealkylation sites (N-methyl/N-ethyl adjacent to an activating group) is 1. The fraction of sp³-hybridized carbons (Fsp3) is 0.364. The van der Waals surface area contributed by atoms with Gasteiger partial charge >= 0.3 is 0 Å². The van der Waals surface area contributed by atoms with Gasteiger partial charge in [0.1, 0.15) is 6.04 Å². The Hall–Kier alpha value is -3.22. The van der Waals surface area contributed by atoms with E-state index in [0.29, 0.717) is 17.9 Å². The topological polar surface area (TPSA) is 71.1 Å². The summed E-state index contributed by atoms with van der Waals surface area (Å²) in [6, 6.07) is 11.2. The third-order valence-corrected chi connectivity index (χ3v) is 5.92. The maximum absolute atomic E-state index is 12.8. The van der Waals surface area contributed by atoms with E-state index in [0.717, 1.165) is 48.5 Å². The summed E-state index contributed by atoms with van der Waals surface area (Å²) in [6.45, 7) is 1.49. The molecule has 0 radical (unpaired) electrons. The van der Waals surface area contributed by atoms with Gasteiger partial charge < -0.3 is 24.6 Å². The van der Waals surface area contributed by atoms with Gasteiger partial charge in [0.25, 0.3) is 5.91 Å². The van der Waals surface area contributed by atoms with Crippen LogP contribution in [0, 0.1) is 0 Å². The molecule has 2 aromatic rings. The van der Waals surface area contributed by atoms with Crippen LogP contribution < -0.4 is 24.6 Å². The van der Waals surface area contributed by atoms with Gasteiger partial charge in [0.2, 0.25) is 12.7 Å². The number of benzene rings is 2. The van der Waals surface area contributed by atoms with Crippen molar-refractivity contribution < 1.29 is 19.1 Å². The summed E-state index contributed by atoms with van der Waals surface area (Å²) in [7, 11) is 1.79. The van der Waals surface area contributed by atoms with Crippen molar-refractivity contribution >= 4 is 23.2 Å². The molecule has 0 aliphatic carbocycles. The monoisotopic (exact) mass is 393 g/mol. The number of carbonyl (C=O) groups excluding carboxylic acids is 2. The van der Waals surface area contributed by atoms with Crippen LogP contribution in [0.5, 0.6) is 11.5 Å². The predicted octanol–water partition coefficient (Wildman–Crippen LogP) is 2.68. The number of piperidine rings is 1. The Labute approximate surface area is 169 Å². The van der Waals surface area contributed by atoms with E-state index in [1.165, 1.54) is 0 Å². The first-order valence-corrected chi connectivity index (χ1v) is 9.97. The van der Waals surface area contributed by atoms with Crippen LogP contribution in [0.3, 0.4) is 0 Å². The molecule has 1 atom stereocenters. The zero-order valence-corrected chi connectivity index (χ0v) is 16.3. The van der Waals surface area contributed by atoms with Gasteiger partial charge in [0, 0.05) is 25.7 Å². The first-order chi connectivity index (χ1) is 14.1. The molecule has 3 aliphatic heterocycles. The Bertz CT molecular complexity index is 990. The molecule has 0 spiro atoms. The number of hydrogen-bond donors (Lipinski definition) is 1. The lowest BCUT2D eigenvalue weighted by Crippen LogP contribution is -2.54. The van der Waals surface area contributed by atoms with Crippen LogP contribution >= 0.6 is 0 Å². The second kappa shape index (κ2) is 6.99. The normalized spacial score (nSPS) is 19.6. The van der Waals surface area contributed by atoms with Crippen molar-refractivity contribution in [3.8, 4) is 11.5 Å². The van der Waals surface area contributed by atoms with Crippen LogP contribution in [0.15, 0.2) is 36.4 Å². The summed E-state index contributed by atoms with van der Waals surface area (Å²) in [5.74, 6) is 1.35. The minimum Gasteiger partial charge on any atom is -0.454 e. The van der Waals surface area contributed by atoms with Gasteiger partial charge in [-0.3, -0.25) is 9.59 Å². The van der Waals surface area contributed by atoms with Crippen LogP contribution in [0.4, 0.5) is 11.4 Å². The SMILES string of the molecule is CN1C(=O)C2CCCCN2c2ccc(C(=O)NCc3ccc4c(c3)OCO4)cc21. The lowest BCUT2D eigenvalue weighted by atomic mass is 9.96. The summed E-state index contributed by atoms with van der Waals surface area (Å²) >= 11 is 0. The van der Waals surface area contributed by atoms with E-state index >= 15 is 0 Å². The van der Waals surface area contributed by atoms with Crippen molar-refractivity contribution in [1.82, 2.24) is 5.32 Å². The van der Waals surface area contributed by atoms with Crippen LogP contribution in [-0.2, 0) is 11.3 Å². The van der Waals surface area contributed by atoms with Gasteiger partial charge in [-0.2, -0.15) is 0 Å². The second-order valence-corrected chi connectivity index (χ2v) is 7.68. The number of carbonyl (C=O) groups is 2. The Balaban J connectivity index is 1.34. The number of amides is 2. The molecule has 2 aromatic carbocycles. The van der Waals surface area contributed by atoms with Gasteiger partial charge in [0.05, 0.1) is 11.4 Å². The molecule has 1 saturated heterocycles. The maximum atomic E-state index is 12.8. The Morgan fingerprint density at radius 3 is 2.86 bits per heavy atom. The van der Waals surface area contributed by atoms with Gasteiger partial charge in [-0.15, -0.1) is 0 Å². The number of rotatable bonds is 3. The smallest absolute Gasteiger partial charge is 0.251 e. The molecule has 0 bridgehead atoms. The minimum absolute atomic E-state index is 0.0769. The van der Waals surface area contributed by atoms with E-state index in [4.69, 9.17) is 9.47 Å². The molecule has 3 aliphatic rings. The fourth-order valence-electron chi connectivity index (χ4n) is 4.33. The van der Waals surface area contributed by atoms with Crippen molar-refractivity contribution in [3.63, 3.8) is 0 Å². The fourth-order valence-corrected chi connectivity index (χ4v) is 4.33. The van der Waals surface area contributed by atoms with Gasteiger partial charge in [0.15, 0.2) is 11.5 Å². The summed E-state index contributed by atoms with van der Waals surface area (Å²) in [6.07, 6.45) is 3.06. The molecule has 2 amide bonds. The van der Waals surface area contributed by atoms with Crippen LogP contribution in [0.25, 0.3) is 0 Å². The first kappa shape index (κ1) is 17.8. The molecule has 7 heteroatoms. The number of nitrogens with zero attached hydrogens (tertiary/aromatic N) is 2. The molecule has 3 heterocycles. The Morgan fingerprint density at radius 1 is 1.10 bits per heavy atom. The second-order valence-electron chi connectivity index (χ2n) is 7.68. The standard InChI is InChI=1S/C22H23N3O4/c1-24-18-11-15(6-7-16(18)25-9-3-2-4-17(25)22(24)27)21(26)23-12-14-5-8-19-20(10-14)29-13-28-19/h5-8,10-11,17H,2-4,9,12-13H2,1H3,(H,23,26). The summed E-state index contributed by atoms with van der Waals surface area (Å²) in [5, 5.41) is 2.94. The van der Waals surface area contributed by atoms with Crippen molar-refractivity contribution in [2.24, 2.45) is 0 Å². The average Bonchev–Trinajstić information content (AvgIpc) is 3.23.